The SMILES string of the molecule is COc1cccc(C(NS(=O)(=O)c2cccc([N+](=O)[O-])c2C)c2nccn2C)c1. The molecule has 0 aliphatic rings. The van der Waals surface area contributed by atoms with Crippen LogP contribution >= 0.6 is 0 Å². The highest BCUT2D eigenvalue weighted by Gasteiger charge is 2.29. The minimum Gasteiger partial charge on any atom is -0.497 e. The van der Waals surface area contributed by atoms with Crippen LogP contribution in [-0.4, -0.2) is 30.0 Å². The van der Waals surface area contributed by atoms with Crippen molar-refractivity contribution in [2.75, 3.05) is 7.11 Å². The number of aryl methyl sites for hydroxylation is 1. The van der Waals surface area contributed by atoms with Gasteiger partial charge >= 0.3 is 0 Å². The maximum absolute atomic E-state index is 13.2. The number of methoxy groups -OCH3 is 1. The molecule has 0 aliphatic carbocycles. The zero-order valence-corrected chi connectivity index (χ0v) is 16.9. The number of hydrogen-bond acceptors (Lipinski definition) is 6. The first kappa shape index (κ1) is 20.5. The van der Waals surface area contributed by atoms with Crippen LogP contribution < -0.4 is 9.46 Å². The average molecular weight is 416 g/mol. The molecular weight excluding hydrogens is 396 g/mol. The van der Waals surface area contributed by atoms with Gasteiger partial charge in [-0.3, -0.25) is 10.1 Å². The molecule has 0 fully saturated rings. The van der Waals surface area contributed by atoms with E-state index in [1.54, 1.807) is 48.3 Å². The third kappa shape index (κ3) is 4.13. The van der Waals surface area contributed by atoms with Gasteiger partial charge in [-0.25, -0.2) is 13.4 Å². The zero-order valence-electron chi connectivity index (χ0n) is 16.1. The van der Waals surface area contributed by atoms with E-state index < -0.39 is 21.0 Å². The van der Waals surface area contributed by atoms with E-state index in [0.717, 1.165) is 0 Å². The Morgan fingerprint density at radius 3 is 2.59 bits per heavy atom. The second-order valence-electron chi connectivity index (χ2n) is 6.38. The number of aromatic nitrogens is 2. The van der Waals surface area contributed by atoms with Gasteiger partial charge in [0.05, 0.1) is 16.9 Å². The molecule has 1 unspecified atom stereocenters. The summed E-state index contributed by atoms with van der Waals surface area (Å²) in [6.07, 6.45) is 3.27. The summed E-state index contributed by atoms with van der Waals surface area (Å²) in [7, 11) is -0.834. The van der Waals surface area contributed by atoms with E-state index in [1.165, 1.54) is 32.2 Å². The molecule has 1 N–H and O–H groups in total. The van der Waals surface area contributed by atoms with Crippen molar-refractivity contribution in [3.63, 3.8) is 0 Å². The number of nitro benzene ring substituents is 1. The van der Waals surface area contributed by atoms with Crippen LogP contribution in [0.1, 0.15) is 23.0 Å². The molecule has 1 heterocycles. The van der Waals surface area contributed by atoms with Gasteiger partial charge in [-0.15, -0.1) is 0 Å². The van der Waals surface area contributed by atoms with Gasteiger partial charge in [-0.2, -0.15) is 4.72 Å². The molecule has 152 valence electrons. The molecule has 0 saturated carbocycles. The van der Waals surface area contributed by atoms with E-state index in [2.05, 4.69) is 9.71 Å². The lowest BCUT2D eigenvalue weighted by Crippen LogP contribution is -2.31. The third-order valence-electron chi connectivity index (χ3n) is 4.56. The molecule has 2 aromatic carbocycles. The van der Waals surface area contributed by atoms with Crippen molar-refractivity contribution < 1.29 is 18.1 Å². The summed E-state index contributed by atoms with van der Waals surface area (Å²) in [5.74, 6) is 1.03. The van der Waals surface area contributed by atoms with Crippen molar-refractivity contribution in [1.82, 2.24) is 14.3 Å². The van der Waals surface area contributed by atoms with Crippen LogP contribution in [0.2, 0.25) is 0 Å². The van der Waals surface area contributed by atoms with Gasteiger partial charge in [-0.1, -0.05) is 18.2 Å². The Hall–Kier alpha value is -3.24. The topological polar surface area (TPSA) is 116 Å². The molecule has 0 aliphatic heterocycles. The Kier molecular flexibility index (Phi) is 5.66. The Morgan fingerprint density at radius 2 is 1.97 bits per heavy atom. The van der Waals surface area contributed by atoms with Crippen LogP contribution in [0, 0.1) is 17.0 Å². The summed E-state index contributed by atoms with van der Waals surface area (Å²) in [6, 6.07) is 10.1. The number of nitrogens with one attached hydrogen (secondary N) is 1. The monoisotopic (exact) mass is 416 g/mol. The first-order valence-electron chi connectivity index (χ1n) is 8.62. The maximum Gasteiger partial charge on any atom is 0.273 e. The van der Waals surface area contributed by atoms with E-state index in [0.29, 0.717) is 17.1 Å². The van der Waals surface area contributed by atoms with Crippen LogP contribution in [0.3, 0.4) is 0 Å². The van der Waals surface area contributed by atoms with Crippen molar-refractivity contribution in [1.29, 1.82) is 0 Å². The van der Waals surface area contributed by atoms with Gasteiger partial charge in [0, 0.05) is 31.1 Å². The highest BCUT2D eigenvalue weighted by molar-refractivity contribution is 7.89. The van der Waals surface area contributed by atoms with Crippen molar-refractivity contribution in [2.24, 2.45) is 7.05 Å². The van der Waals surface area contributed by atoms with Gasteiger partial charge in [0.25, 0.3) is 5.69 Å². The Balaban J connectivity index is 2.10. The number of benzene rings is 2. The number of nitrogens with zero attached hydrogens (tertiary/aromatic N) is 3. The van der Waals surface area contributed by atoms with Gasteiger partial charge in [0.2, 0.25) is 10.0 Å². The summed E-state index contributed by atoms with van der Waals surface area (Å²) in [5, 5.41) is 11.2. The first-order chi connectivity index (χ1) is 13.7. The number of nitro groups is 1. The molecule has 29 heavy (non-hydrogen) atoms. The standard InChI is InChI=1S/C19H20N4O5S/c1-13-16(23(24)25)8-5-9-17(13)29(26,27)21-18(19-20-10-11-22(19)2)14-6-4-7-15(12-14)28-3/h4-12,18,21H,1-3H3. The number of rotatable bonds is 7. The summed E-state index contributed by atoms with van der Waals surface area (Å²) >= 11 is 0. The van der Waals surface area contributed by atoms with Crippen LogP contribution in [0.15, 0.2) is 59.8 Å². The number of hydrogen-bond donors (Lipinski definition) is 1. The molecular formula is C19H20N4O5S. The lowest BCUT2D eigenvalue weighted by molar-refractivity contribution is -0.385. The molecule has 0 amide bonds. The predicted octanol–water partition coefficient (Wildman–Crippen LogP) is 2.71. The fraction of sp³-hybridized carbons (Fsp3) is 0.211. The van der Waals surface area contributed by atoms with Crippen LogP contribution in [0.4, 0.5) is 5.69 Å². The molecule has 9 nitrogen and oxygen atoms in total. The Labute approximate surface area is 168 Å². The largest absolute Gasteiger partial charge is 0.497 e. The fourth-order valence-corrected chi connectivity index (χ4v) is 4.50. The van der Waals surface area contributed by atoms with Gasteiger partial charge < -0.3 is 9.30 Å². The van der Waals surface area contributed by atoms with Gasteiger partial charge in [-0.05, 0) is 30.7 Å². The molecule has 0 radical (unpaired) electrons. The van der Waals surface area contributed by atoms with Gasteiger partial charge in [0.1, 0.15) is 17.6 Å². The summed E-state index contributed by atoms with van der Waals surface area (Å²) in [5.41, 5.74) is 0.419. The second-order valence-corrected chi connectivity index (χ2v) is 8.07. The number of ether oxygens (including phenoxy) is 1. The van der Waals surface area contributed by atoms with Crippen LogP contribution in [-0.2, 0) is 17.1 Å². The predicted molar refractivity (Wildman–Crippen MR) is 106 cm³/mol. The molecule has 0 saturated heterocycles. The highest BCUT2D eigenvalue weighted by Crippen LogP contribution is 2.29. The summed E-state index contributed by atoms with van der Waals surface area (Å²) < 4.78 is 35.9. The fourth-order valence-electron chi connectivity index (χ4n) is 3.06. The smallest absolute Gasteiger partial charge is 0.273 e. The van der Waals surface area contributed by atoms with Crippen LogP contribution in [0.25, 0.3) is 0 Å². The zero-order chi connectivity index (χ0) is 21.2. The molecule has 0 spiro atoms. The number of sulfonamides is 1. The molecule has 1 atom stereocenters. The molecule has 3 aromatic rings. The Morgan fingerprint density at radius 1 is 1.24 bits per heavy atom. The lowest BCUT2D eigenvalue weighted by atomic mass is 10.1. The normalized spacial score (nSPS) is 12.5. The third-order valence-corrected chi connectivity index (χ3v) is 6.13. The van der Waals surface area contributed by atoms with Crippen LogP contribution in [0.5, 0.6) is 5.75 Å². The minimum absolute atomic E-state index is 0.0641. The number of imidazole rings is 1. The minimum atomic E-state index is -4.11. The van der Waals surface area contributed by atoms with E-state index >= 15 is 0 Å². The van der Waals surface area contributed by atoms with E-state index in [9.17, 15) is 18.5 Å². The molecule has 1 aromatic heterocycles. The Bertz CT molecular complexity index is 1160. The van der Waals surface area contributed by atoms with Crippen molar-refractivity contribution in [2.45, 2.75) is 17.9 Å². The van der Waals surface area contributed by atoms with Crippen molar-refractivity contribution in [3.05, 3.63) is 81.9 Å². The average Bonchev–Trinajstić information content (AvgIpc) is 3.11. The summed E-state index contributed by atoms with van der Waals surface area (Å²) in [6.45, 7) is 1.41. The first-order valence-corrected chi connectivity index (χ1v) is 10.1. The van der Waals surface area contributed by atoms with E-state index in [4.69, 9.17) is 4.74 Å². The lowest BCUT2D eigenvalue weighted by Gasteiger charge is -2.20. The van der Waals surface area contributed by atoms with E-state index in [-0.39, 0.29) is 16.1 Å². The van der Waals surface area contributed by atoms with Gasteiger partial charge in [0.15, 0.2) is 0 Å². The van der Waals surface area contributed by atoms with E-state index in [1.807, 2.05) is 0 Å². The molecule has 3 rings (SSSR count). The second kappa shape index (κ2) is 8.02. The maximum atomic E-state index is 13.2. The van der Waals surface area contributed by atoms with Crippen molar-refractivity contribution >= 4 is 15.7 Å². The molecule has 10 heteroatoms. The molecule has 0 bridgehead atoms. The van der Waals surface area contributed by atoms with Crippen molar-refractivity contribution in [3.8, 4) is 5.75 Å². The summed E-state index contributed by atoms with van der Waals surface area (Å²) in [4.78, 5) is 14.7. The highest BCUT2D eigenvalue weighted by atomic mass is 32.2. The quantitative estimate of drug-likeness (QED) is 0.468.